The van der Waals surface area contributed by atoms with Crippen molar-refractivity contribution in [2.75, 3.05) is 13.1 Å². The van der Waals surface area contributed by atoms with E-state index in [1.54, 1.807) is 6.26 Å². The van der Waals surface area contributed by atoms with Crippen LogP contribution in [0.1, 0.15) is 30.0 Å². The van der Waals surface area contributed by atoms with Crippen LogP contribution in [0.5, 0.6) is 0 Å². The van der Waals surface area contributed by atoms with Gasteiger partial charge in [-0.15, -0.1) is 0 Å². The molecule has 0 aromatic carbocycles. The number of aromatic nitrogens is 1. The third-order valence-corrected chi connectivity index (χ3v) is 3.03. The smallest absolute Gasteiger partial charge is 0.216 e. The SMILES string of the molecule is CCNC(=NCc1nc(C)c(C)o1)NCCc1ccco1. The highest BCUT2D eigenvalue weighted by atomic mass is 16.4. The van der Waals surface area contributed by atoms with Crippen molar-refractivity contribution in [3.8, 4) is 0 Å². The molecule has 21 heavy (non-hydrogen) atoms. The predicted molar refractivity (Wildman–Crippen MR) is 81.2 cm³/mol. The van der Waals surface area contributed by atoms with Crippen LogP contribution in [-0.2, 0) is 13.0 Å². The summed E-state index contributed by atoms with van der Waals surface area (Å²) in [6, 6.07) is 3.85. The Kier molecular flexibility index (Phi) is 5.43. The van der Waals surface area contributed by atoms with E-state index in [2.05, 4.69) is 20.6 Å². The first kappa shape index (κ1) is 15.2. The second-order valence-electron chi connectivity index (χ2n) is 4.70. The Bertz CT molecular complexity index is 553. The third-order valence-electron chi connectivity index (χ3n) is 3.03. The molecule has 6 nitrogen and oxygen atoms in total. The number of furan rings is 1. The van der Waals surface area contributed by atoms with Crippen LogP contribution in [0.3, 0.4) is 0 Å². The van der Waals surface area contributed by atoms with Crippen LogP contribution in [0.25, 0.3) is 0 Å². The molecule has 0 atom stereocenters. The average Bonchev–Trinajstić information content (AvgIpc) is 3.07. The zero-order valence-corrected chi connectivity index (χ0v) is 12.8. The van der Waals surface area contributed by atoms with Crippen LogP contribution in [0, 0.1) is 13.8 Å². The maximum atomic E-state index is 5.52. The zero-order valence-electron chi connectivity index (χ0n) is 12.8. The summed E-state index contributed by atoms with van der Waals surface area (Å²) in [6.07, 6.45) is 2.50. The molecule has 0 saturated heterocycles. The van der Waals surface area contributed by atoms with Gasteiger partial charge in [-0.05, 0) is 32.9 Å². The number of nitrogens with one attached hydrogen (secondary N) is 2. The van der Waals surface area contributed by atoms with Crippen molar-refractivity contribution in [3.05, 3.63) is 41.5 Å². The van der Waals surface area contributed by atoms with Crippen molar-refractivity contribution in [2.24, 2.45) is 4.99 Å². The minimum absolute atomic E-state index is 0.421. The summed E-state index contributed by atoms with van der Waals surface area (Å²) in [4.78, 5) is 8.78. The van der Waals surface area contributed by atoms with Gasteiger partial charge in [0.15, 0.2) is 5.96 Å². The number of aryl methyl sites for hydroxylation is 2. The number of oxazole rings is 1. The largest absolute Gasteiger partial charge is 0.469 e. The Morgan fingerprint density at radius 2 is 2.19 bits per heavy atom. The van der Waals surface area contributed by atoms with Gasteiger partial charge in [0.2, 0.25) is 5.89 Å². The normalized spacial score (nSPS) is 11.7. The van der Waals surface area contributed by atoms with E-state index in [0.29, 0.717) is 12.4 Å². The molecule has 2 aromatic rings. The molecule has 2 rings (SSSR count). The first-order chi connectivity index (χ1) is 10.2. The summed E-state index contributed by atoms with van der Waals surface area (Å²) in [5, 5.41) is 6.45. The second-order valence-corrected chi connectivity index (χ2v) is 4.70. The molecule has 0 amide bonds. The van der Waals surface area contributed by atoms with Crippen molar-refractivity contribution < 1.29 is 8.83 Å². The molecular weight excluding hydrogens is 268 g/mol. The molecule has 2 N–H and O–H groups in total. The van der Waals surface area contributed by atoms with E-state index in [4.69, 9.17) is 8.83 Å². The van der Waals surface area contributed by atoms with E-state index in [1.165, 1.54) is 0 Å². The third kappa shape index (κ3) is 4.66. The molecule has 0 radical (unpaired) electrons. The number of guanidine groups is 1. The molecule has 0 saturated carbocycles. The predicted octanol–water partition coefficient (Wildman–Crippen LogP) is 2.18. The number of hydrogen-bond acceptors (Lipinski definition) is 4. The van der Waals surface area contributed by atoms with E-state index in [-0.39, 0.29) is 0 Å². The van der Waals surface area contributed by atoms with Gasteiger partial charge in [-0.25, -0.2) is 9.98 Å². The van der Waals surface area contributed by atoms with Gasteiger partial charge >= 0.3 is 0 Å². The second kappa shape index (κ2) is 7.52. The lowest BCUT2D eigenvalue weighted by atomic mass is 10.3. The summed E-state index contributed by atoms with van der Waals surface area (Å²) < 4.78 is 10.8. The van der Waals surface area contributed by atoms with Gasteiger partial charge in [-0.1, -0.05) is 0 Å². The first-order valence-electron chi connectivity index (χ1n) is 7.16. The minimum Gasteiger partial charge on any atom is -0.469 e. The van der Waals surface area contributed by atoms with Gasteiger partial charge in [0.25, 0.3) is 0 Å². The Labute approximate surface area is 124 Å². The van der Waals surface area contributed by atoms with E-state index >= 15 is 0 Å². The van der Waals surface area contributed by atoms with Gasteiger partial charge in [0.05, 0.1) is 12.0 Å². The Hall–Kier alpha value is -2.24. The topological polar surface area (TPSA) is 75.6 Å². The Morgan fingerprint density at radius 1 is 1.33 bits per heavy atom. The van der Waals surface area contributed by atoms with Crippen LogP contribution in [0.15, 0.2) is 32.2 Å². The van der Waals surface area contributed by atoms with E-state index in [0.717, 1.165) is 42.7 Å². The van der Waals surface area contributed by atoms with Crippen molar-refractivity contribution in [1.82, 2.24) is 15.6 Å². The molecule has 0 fully saturated rings. The molecule has 2 heterocycles. The molecular formula is C15H22N4O2. The standard InChI is InChI=1S/C15H22N4O2/c1-4-16-15(17-8-7-13-6-5-9-20-13)18-10-14-19-11(2)12(3)21-14/h5-6,9H,4,7-8,10H2,1-3H3,(H2,16,17,18). The number of aliphatic imine (C=N–C) groups is 1. The molecule has 2 aromatic heterocycles. The molecule has 0 spiro atoms. The van der Waals surface area contributed by atoms with Gasteiger partial charge in [0.1, 0.15) is 18.1 Å². The maximum absolute atomic E-state index is 5.52. The molecule has 0 bridgehead atoms. The van der Waals surface area contributed by atoms with Crippen LogP contribution in [0.4, 0.5) is 0 Å². The van der Waals surface area contributed by atoms with Gasteiger partial charge in [0, 0.05) is 19.5 Å². The summed E-state index contributed by atoms with van der Waals surface area (Å²) >= 11 is 0. The molecule has 114 valence electrons. The number of rotatable bonds is 6. The van der Waals surface area contributed by atoms with E-state index in [1.807, 2.05) is 32.9 Å². The van der Waals surface area contributed by atoms with Crippen molar-refractivity contribution in [3.63, 3.8) is 0 Å². The van der Waals surface area contributed by atoms with E-state index < -0.39 is 0 Å². The molecule has 0 aliphatic carbocycles. The van der Waals surface area contributed by atoms with Crippen LogP contribution in [-0.4, -0.2) is 24.0 Å². The van der Waals surface area contributed by atoms with Crippen molar-refractivity contribution >= 4 is 5.96 Å². The van der Waals surface area contributed by atoms with E-state index in [9.17, 15) is 0 Å². The highest BCUT2D eigenvalue weighted by Crippen LogP contribution is 2.08. The number of nitrogens with zero attached hydrogens (tertiary/aromatic N) is 2. The highest BCUT2D eigenvalue weighted by molar-refractivity contribution is 5.79. The highest BCUT2D eigenvalue weighted by Gasteiger charge is 2.05. The minimum atomic E-state index is 0.421. The molecule has 0 aliphatic rings. The summed E-state index contributed by atoms with van der Waals surface area (Å²) in [5.41, 5.74) is 0.913. The van der Waals surface area contributed by atoms with Gasteiger partial charge < -0.3 is 19.5 Å². The lowest BCUT2D eigenvalue weighted by Gasteiger charge is -2.09. The summed E-state index contributed by atoms with van der Waals surface area (Å²) in [6.45, 7) is 7.84. The van der Waals surface area contributed by atoms with Crippen molar-refractivity contribution in [2.45, 2.75) is 33.7 Å². The molecule has 0 aliphatic heterocycles. The van der Waals surface area contributed by atoms with Crippen LogP contribution in [0.2, 0.25) is 0 Å². The lowest BCUT2D eigenvalue weighted by Crippen LogP contribution is -2.38. The Balaban J connectivity index is 1.86. The average molecular weight is 290 g/mol. The quantitative estimate of drug-likeness (QED) is 0.630. The molecule has 0 unspecified atom stereocenters. The monoisotopic (exact) mass is 290 g/mol. The first-order valence-corrected chi connectivity index (χ1v) is 7.16. The maximum Gasteiger partial charge on any atom is 0.216 e. The Morgan fingerprint density at radius 3 is 2.81 bits per heavy atom. The van der Waals surface area contributed by atoms with Gasteiger partial charge in [-0.3, -0.25) is 0 Å². The number of hydrogen-bond donors (Lipinski definition) is 2. The van der Waals surface area contributed by atoms with Crippen molar-refractivity contribution in [1.29, 1.82) is 0 Å². The summed E-state index contributed by atoms with van der Waals surface area (Å²) in [5.74, 6) is 3.18. The fraction of sp³-hybridized carbons (Fsp3) is 0.467. The fourth-order valence-electron chi connectivity index (χ4n) is 1.85. The van der Waals surface area contributed by atoms with Gasteiger partial charge in [-0.2, -0.15) is 0 Å². The van der Waals surface area contributed by atoms with Crippen LogP contribution >= 0.6 is 0 Å². The van der Waals surface area contributed by atoms with Crippen LogP contribution < -0.4 is 10.6 Å². The zero-order chi connectivity index (χ0) is 15.1. The lowest BCUT2D eigenvalue weighted by molar-refractivity contribution is 0.472. The summed E-state index contributed by atoms with van der Waals surface area (Å²) in [7, 11) is 0. The fourth-order valence-corrected chi connectivity index (χ4v) is 1.85. The molecule has 6 heteroatoms.